The Morgan fingerprint density at radius 2 is 0.439 bits per heavy atom. The zero-order chi connectivity index (χ0) is 62.2. The predicted molar refractivity (Wildman–Crippen MR) is 293 cm³/mol. The van der Waals surface area contributed by atoms with Gasteiger partial charge in [0.05, 0.1) is 6.04 Å². The first-order valence-electron chi connectivity index (χ1n) is 27.6. The molecule has 0 bridgehead atoms. The zero-order valence-corrected chi connectivity index (χ0v) is 46.5. The van der Waals surface area contributed by atoms with Crippen LogP contribution in [0.15, 0.2) is 0 Å². The lowest BCUT2D eigenvalue weighted by Crippen LogP contribution is -2.60. The summed E-state index contributed by atoms with van der Waals surface area (Å²) in [5, 5.41) is 67.0. The molecule has 25 N–H and O–H groups in total. The number of unbranched alkanes of at least 4 members (excludes halogenated alkanes) is 5. The van der Waals surface area contributed by atoms with Gasteiger partial charge in [-0.05, 0) is 148 Å². The Hall–Kier alpha value is -7.13. The van der Waals surface area contributed by atoms with Crippen molar-refractivity contribution in [1.29, 1.82) is 0 Å². The number of nitrogens with two attached hydrogens (primary N) is 6. The lowest BCUT2D eigenvalue weighted by atomic mass is 10.0. The fourth-order valence-electron chi connectivity index (χ4n) is 8.01. The lowest BCUT2D eigenvalue weighted by molar-refractivity contribution is -0.143. The van der Waals surface area contributed by atoms with Crippen LogP contribution in [-0.2, 0) is 62.3 Å². The van der Waals surface area contributed by atoms with Crippen molar-refractivity contribution >= 4 is 77.1 Å². The first-order valence-corrected chi connectivity index (χ1v) is 27.6. The molecule has 0 heterocycles. The van der Waals surface area contributed by atoms with E-state index in [0.29, 0.717) is 45.1 Å². The van der Waals surface area contributed by atoms with Crippen molar-refractivity contribution in [1.82, 2.24) is 42.5 Å². The van der Waals surface area contributed by atoms with E-state index in [1.54, 1.807) is 0 Å². The highest BCUT2D eigenvalue weighted by atomic mass is 16.4. The number of carbonyl (C=O) groups excluding carboxylic acids is 8. The molecule has 0 aromatic heterocycles. The van der Waals surface area contributed by atoms with Gasteiger partial charge in [-0.15, -0.1) is 0 Å². The molecule has 82 heavy (non-hydrogen) atoms. The van der Waals surface area contributed by atoms with Crippen LogP contribution in [-0.4, -0.2) is 190 Å². The topological polar surface area (TPSA) is 575 Å². The van der Waals surface area contributed by atoms with Crippen molar-refractivity contribution in [3.63, 3.8) is 0 Å². The summed E-state index contributed by atoms with van der Waals surface area (Å²) in [4.78, 5) is 169. The number of aliphatic carboxylic acids is 5. The van der Waals surface area contributed by atoms with Gasteiger partial charge in [-0.2, -0.15) is 0 Å². The zero-order valence-electron chi connectivity index (χ0n) is 46.5. The van der Waals surface area contributed by atoms with Crippen LogP contribution in [0.1, 0.15) is 148 Å². The highest BCUT2D eigenvalue weighted by molar-refractivity contribution is 5.98. The van der Waals surface area contributed by atoms with E-state index in [1.165, 1.54) is 0 Å². The third kappa shape index (κ3) is 33.6. The maximum atomic E-state index is 14.2. The number of hydrogen-bond donors (Lipinski definition) is 19. The van der Waals surface area contributed by atoms with Crippen molar-refractivity contribution in [3.8, 4) is 0 Å². The quantitative estimate of drug-likeness (QED) is 0.0255. The first-order chi connectivity index (χ1) is 38.8. The number of amides is 8. The molecule has 0 saturated carbocycles. The minimum absolute atomic E-state index is 0.0476. The molecule has 468 valence electrons. The molecule has 8 amide bonds. The van der Waals surface area contributed by atoms with Crippen LogP contribution in [0.2, 0.25) is 0 Å². The largest absolute Gasteiger partial charge is 0.481 e. The monoisotopic (exact) mass is 1170 g/mol. The molecule has 0 radical (unpaired) electrons. The van der Waals surface area contributed by atoms with E-state index in [4.69, 9.17) is 34.4 Å². The number of hydrogen-bond acceptors (Lipinski definition) is 19. The molecule has 0 aromatic rings. The van der Waals surface area contributed by atoms with Crippen molar-refractivity contribution in [2.45, 2.75) is 202 Å². The van der Waals surface area contributed by atoms with Gasteiger partial charge in [0, 0.05) is 25.7 Å². The summed E-state index contributed by atoms with van der Waals surface area (Å²) in [6, 6.07) is -13.8. The van der Waals surface area contributed by atoms with Crippen LogP contribution < -0.4 is 76.9 Å². The molecule has 0 fully saturated rings. The molecular weight excluding hydrogens is 1080 g/mol. The highest BCUT2D eigenvalue weighted by Gasteiger charge is 2.36. The maximum Gasteiger partial charge on any atom is 0.326 e. The molecule has 0 aliphatic rings. The van der Waals surface area contributed by atoms with Crippen LogP contribution in [0.3, 0.4) is 0 Å². The first kappa shape index (κ1) is 74.9. The van der Waals surface area contributed by atoms with Crippen molar-refractivity contribution < 1.29 is 87.9 Å². The highest BCUT2D eigenvalue weighted by Crippen LogP contribution is 2.12. The van der Waals surface area contributed by atoms with Crippen molar-refractivity contribution in [3.05, 3.63) is 0 Å². The van der Waals surface area contributed by atoms with E-state index in [2.05, 4.69) is 42.5 Å². The van der Waals surface area contributed by atoms with Gasteiger partial charge in [0.15, 0.2) is 0 Å². The van der Waals surface area contributed by atoms with Crippen LogP contribution in [0.5, 0.6) is 0 Å². The summed E-state index contributed by atoms with van der Waals surface area (Å²) in [5.41, 5.74) is 34.1. The second-order valence-corrected chi connectivity index (χ2v) is 19.6. The molecule has 0 saturated heterocycles. The number of nitrogens with one attached hydrogen (secondary N) is 8. The van der Waals surface area contributed by atoms with Crippen LogP contribution >= 0.6 is 0 Å². The summed E-state index contributed by atoms with van der Waals surface area (Å²) in [5.74, 6) is -15.2. The Bertz CT molecular complexity index is 2070. The molecular formula is C50H90N14O18. The molecule has 0 aliphatic heterocycles. The van der Waals surface area contributed by atoms with E-state index in [9.17, 15) is 87.9 Å². The Balaban J connectivity index is 7.02. The molecule has 0 spiro atoms. The average molecular weight is 1180 g/mol. The van der Waals surface area contributed by atoms with E-state index < -0.39 is 183 Å². The van der Waals surface area contributed by atoms with Gasteiger partial charge in [-0.25, -0.2) is 4.79 Å². The lowest BCUT2D eigenvalue weighted by Gasteiger charge is -2.28. The van der Waals surface area contributed by atoms with Crippen LogP contribution in [0, 0.1) is 0 Å². The smallest absolute Gasteiger partial charge is 0.326 e. The fourth-order valence-corrected chi connectivity index (χ4v) is 8.01. The summed E-state index contributed by atoms with van der Waals surface area (Å²) in [6.07, 6.45) is -1.91. The Morgan fingerprint density at radius 3 is 0.646 bits per heavy atom. The van der Waals surface area contributed by atoms with E-state index in [1.807, 2.05) is 0 Å². The molecule has 0 aromatic carbocycles. The van der Waals surface area contributed by atoms with E-state index >= 15 is 0 Å². The SMILES string of the molecule is NCCCC[C@H](NC(=O)[C@H](CCC(=O)O)NC(=O)[C@H](CCCCN)NC(=O)[C@H](CCC(=O)O)NC(=O)[C@H](CCCCN)NC(=O)[C@H](CCC(=O)O)NC(=O)[C@H](CCCCN)NC(=O)[C@H](CCC(=O)O)NC(=O)[C@@H](N)CCCCN)C(=O)O. The maximum absolute atomic E-state index is 14.2. The third-order valence-corrected chi connectivity index (χ3v) is 12.7. The Morgan fingerprint density at radius 1 is 0.256 bits per heavy atom. The number of carboxylic acid groups (broad SMARTS) is 5. The molecule has 0 aliphatic carbocycles. The second-order valence-electron chi connectivity index (χ2n) is 19.6. The number of carbonyl (C=O) groups is 13. The van der Waals surface area contributed by atoms with Crippen molar-refractivity contribution in [2.24, 2.45) is 34.4 Å². The standard InChI is InChI=1S/C50H90N14O18/c51-24-6-1-11-29(56)42(73)57-33(16-20-38(65)66)46(77)58-30(12-2-7-25-52)43(74)61-34(17-21-39(67)68)47(78)59-31(13-3-8-26-53)44(75)62-35(18-22-40(69)70)48(79)60-32(14-4-9-27-54)45(76)63-36(19-23-41(71)72)49(80)64-37(50(81)82)15-5-10-28-55/h29-37H,1-28,51-56H2,(H,57,73)(H,58,77)(H,59,78)(H,60,79)(H,61,74)(H,62,75)(H,63,76)(H,64,80)(H,65,66)(H,67,68)(H,69,70)(H,71,72)(H,81,82)/t29-,30-,31-,32-,33-,34-,35-,36-,37-/m0/s1. The minimum atomic E-state index is -1.75. The van der Waals surface area contributed by atoms with Gasteiger partial charge < -0.3 is 102 Å². The minimum Gasteiger partial charge on any atom is -0.481 e. The second kappa shape index (κ2) is 43.6. The Kier molecular flexibility index (Phi) is 39.8. The molecule has 9 atom stereocenters. The molecule has 32 nitrogen and oxygen atoms in total. The van der Waals surface area contributed by atoms with Crippen molar-refractivity contribution in [2.75, 3.05) is 32.7 Å². The van der Waals surface area contributed by atoms with Gasteiger partial charge in [-0.1, -0.05) is 6.42 Å². The summed E-state index contributed by atoms with van der Waals surface area (Å²) in [7, 11) is 0. The fraction of sp³-hybridized carbons (Fsp3) is 0.740. The van der Waals surface area contributed by atoms with Gasteiger partial charge in [0.1, 0.15) is 48.3 Å². The Labute approximate surface area is 475 Å². The summed E-state index contributed by atoms with van der Waals surface area (Å²) >= 11 is 0. The van der Waals surface area contributed by atoms with E-state index in [-0.39, 0.29) is 84.0 Å². The van der Waals surface area contributed by atoms with Gasteiger partial charge in [0.25, 0.3) is 0 Å². The van der Waals surface area contributed by atoms with Gasteiger partial charge in [-0.3, -0.25) is 57.5 Å². The van der Waals surface area contributed by atoms with Crippen LogP contribution in [0.25, 0.3) is 0 Å². The molecule has 32 heteroatoms. The van der Waals surface area contributed by atoms with Gasteiger partial charge >= 0.3 is 29.8 Å². The van der Waals surface area contributed by atoms with Gasteiger partial charge in [0.2, 0.25) is 47.3 Å². The number of rotatable bonds is 49. The average Bonchev–Trinajstić information content (AvgIpc) is 3.49. The third-order valence-electron chi connectivity index (χ3n) is 12.7. The summed E-state index contributed by atoms with van der Waals surface area (Å²) in [6.45, 7) is 0.988. The summed E-state index contributed by atoms with van der Waals surface area (Å²) < 4.78 is 0. The van der Waals surface area contributed by atoms with Crippen LogP contribution in [0.4, 0.5) is 0 Å². The molecule has 0 unspecified atom stereocenters. The normalized spacial score (nSPS) is 14.3. The van der Waals surface area contributed by atoms with E-state index in [0.717, 1.165) is 0 Å². The predicted octanol–water partition coefficient (Wildman–Crippen LogP) is -4.62. The molecule has 0 rings (SSSR count). The number of carboxylic acids is 5.